The topological polar surface area (TPSA) is 124 Å². The number of nitrogens with one attached hydrogen (secondary N) is 2. The average molecular weight is 638 g/mol. The molecule has 0 radical (unpaired) electrons. The summed E-state index contributed by atoms with van der Waals surface area (Å²) in [5.41, 5.74) is 4.73. The first-order valence-electron chi connectivity index (χ1n) is 16.1. The molecule has 0 saturated carbocycles. The zero-order chi connectivity index (χ0) is 33.4. The minimum absolute atomic E-state index is 0.140. The molecule has 246 valence electrons. The van der Waals surface area contributed by atoms with E-state index in [1.807, 2.05) is 45.5 Å². The van der Waals surface area contributed by atoms with E-state index in [-0.39, 0.29) is 18.0 Å². The maximum absolute atomic E-state index is 12.7. The number of nitrogens with zero attached hydrogens (tertiary/aromatic N) is 5. The first-order chi connectivity index (χ1) is 21.7. The number of anilines is 2. The van der Waals surface area contributed by atoms with Gasteiger partial charge in [0, 0.05) is 37.3 Å². The second-order valence-corrected chi connectivity index (χ2v) is 11.4. The van der Waals surface area contributed by atoms with Crippen molar-refractivity contribution in [1.82, 2.24) is 19.9 Å². The number of carbonyl (C=O) groups excluding carboxylic acids is 2. The average Bonchev–Trinajstić information content (AvgIpc) is 3.63. The third kappa shape index (κ3) is 11.0. The highest BCUT2D eigenvalue weighted by Crippen LogP contribution is 2.24. The van der Waals surface area contributed by atoms with Crippen LogP contribution in [-0.4, -0.2) is 69.8 Å². The summed E-state index contributed by atoms with van der Waals surface area (Å²) in [7, 11) is 0. The molecule has 5 rings (SSSR count). The first kappa shape index (κ1) is 37.5. The highest BCUT2D eigenvalue weighted by molar-refractivity contribution is 7.07. The predicted octanol–water partition coefficient (Wildman–Crippen LogP) is 7.46. The summed E-state index contributed by atoms with van der Waals surface area (Å²) in [5, 5.41) is 13.5. The Kier molecular flexibility index (Phi) is 16.4. The number of aromatic nitrogens is 3. The van der Waals surface area contributed by atoms with E-state index in [0.717, 1.165) is 31.5 Å². The summed E-state index contributed by atoms with van der Waals surface area (Å²) in [5.74, 6) is 1.16. The zero-order valence-corrected chi connectivity index (χ0v) is 29.0. The van der Waals surface area contributed by atoms with Crippen LogP contribution >= 0.6 is 11.3 Å². The van der Waals surface area contributed by atoms with E-state index in [9.17, 15) is 9.59 Å². The number of hydrogen-bond acceptors (Lipinski definition) is 10. The van der Waals surface area contributed by atoms with Crippen LogP contribution in [0.1, 0.15) is 106 Å². The number of hydrogen-bond donors (Lipinski definition) is 2. The highest BCUT2D eigenvalue weighted by Gasteiger charge is 2.34. The van der Waals surface area contributed by atoms with E-state index >= 15 is 0 Å². The van der Waals surface area contributed by atoms with Gasteiger partial charge in [0.05, 0.1) is 28.5 Å². The van der Waals surface area contributed by atoms with Crippen molar-refractivity contribution < 1.29 is 14.3 Å². The highest BCUT2D eigenvalue weighted by atomic mass is 32.1. The molecular weight excluding hydrogens is 586 g/mol. The lowest BCUT2D eigenvalue weighted by Gasteiger charge is -2.28. The zero-order valence-electron chi connectivity index (χ0n) is 28.2. The first-order valence-corrected chi connectivity index (χ1v) is 17.0. The summed E-state index contributed by atoms with van der Waals surface area (Å²) < 4.78 is 5.82. The van der Waals surface area contributed by atoms with Gasteiger partial charge in [-0.2, -0.15) is 0 Å². The van der Waals surface area contributed by atoms with Crippen molar-refractivity contribution in [2.45, 2.75) is 87.3 Å². The van der Waals surface area contributed by atoms with Crippen LogP contribution < -0.4 is 10.2 Å². The second kappa shape index (κ2) is 19.6. The van der Waals surface area contributed by atoms with Crippen LogP contribution in [0.15, 0.2) is 41.4 Å². The SMILES string of the molecule is CC.CC.CC(=N)c1ncc(N(CCCN2C(=O)c3ccccc3C2=O)CC(C)C)nc1NC1CCCCO1.Cc1cscn1. The van der Waals surface area contributed by atoms with Gasteiger partial charge in [0.1, 0.15) is 17.7 Å². The lowest BCUT2D eigenvalue weighted by Crippen LogP contribution is -2.35. The van der Waals surface area contributed by atoms with E-state index in [1.165, 1.54) is 4.90 Å². The Bertz CT molecular complexity index is 1310. The molecule has 10 nitrogen and oxygen atoms in total. The van der Waals surface area contributed by atoms with Gasteiger partial charge in [0.25, 0.3) is 11.8 Å². The minimum Gasteiger partial charge on any atom is -0.359 e. The monoisotopic (exact) mass is 637 g/mol. The molecule has 1 aromatic carbocycles. The molecule has 1 fully saturated rings. The molecule has 0 spiro atoms. The number of imide groups is 1. The van der Waals surface area contributed by atoms with Crippen molar-refractivity contribution in [3.63, 3.8) is 0 Å². The molecule has 3 aromatic rings. The summed E-state index contributed by atoms with van der Waals surface area (Å²) >= 11 is 1.63. The minimum atomic E-state index is -0.231. The number of thiazole rings is 1. The van der Waals surface area contributed by atoms with Gasteiger partial charge in [0.2, 0.25) is 0 Å². The molecule has 1 atom stereocenters. The van der Waals surface area contributed by atoms with Crippen molar-refractivity contribution in [2.75, 3.05) is 36.5 Å². The van der Waals surface area contributed by atoms with Crippen LogP contribution in [0.3, 0.4) is 0 Å². The van der Waals surface area contributed by atoms with Crippen molar-refractivity contribution in [3.8, 4) is 0 Å². The van der Waals surface area contributed by atoms with Gasteiger partial charge >= 0.3 is 0 Å². The number of rotatable bonds is 10. The Labute approximate surface area is 273 Å². The fourth-order valence-electron chi connectivity index (χ4n) is 4.79. The normalized spacial score (nSPS) is 15.1. The summed E-state index contributed by atoms with van der Waals surface area (Å²) in [6.45, 7) is 18.4. The van der Waals surface area contributed by atoms with E-state index in [1.54, 1.807) is 48.7 Å². The molecule has 0 bridgehead atoms. The Morgan fingerprint density at radius 2 is 1.78 bits per heavy atom. The fourth-order valence-corrected chi connectivity index (χ4v) is 5.33. The predicted molar refractivity (Wildman–Crippen MR) is 185 cm³/mol. The fraction of sp³-hybridized carbons (Fsp3) is 0.529. The van der Waals surface area contributed by atoms with E-state index < -0.39 is 0 Å². The number of fused-ring (bicyclic) bond motifs is 1. The molecule has 2 amide bonds. The van der Waals surface area contributed by atoms with Crippen molar-refractivity contribution >= 4 is 40.5 Å². The van der Waals surface area contributed by atoms with Gasteiger partial charge in [-0.05, 0) is 57.6 Å². The van der Waals surface area contributed by atoms with Gasteiger partial charge in [-0.3, -0.25) is 19.5 Å². The third-order valence-electron chi connectivity index (χ3n) is 6.75. The number of benzene rings is 1. The molecule has 2 aliphatic heterocycles. The van der Waals surface area contributed by atoms with Crippen LogP contribution in [0.25, 0.3) is 0 Å². The lowest BCUT2D eigenvalue weighted by molar-refractivity contribution is 0.0340. The van der Waals surface area contributed by atoms with Gasteiger partial charge in [-0.1, -0.05) is 53.7 Å². The molecule has 0 aliphatic carbocycles. The van der Waals surface area contributed by atoms with E-state index in [0.29, 0.717) is 66.2 Å². The van der Waals surface area contributed by atoms with Crippen LogP contribution in [0.5, 0.6) is 0 Å². The maximum atomic E-state index is 12.7. The Balaban J connectivity index is 0.000000613. The molecule has 1 unspecified atom stereocenters. The van der Waals surface area contributed by atoms with Gasteiger partial charge in [-0.25, -0.2) is 9.97 Å². The number of aryl methyl sites for hydroxylation is 1. The Morgan fingerprint density at radius 1 is 1.11 bits per heavy atom. The van der Waals surface area contributed by atoms with Crippen LogP contribution in [-0.2, 0) is 4.74 Å². The van der Waals surface area contributed by atoms with Crippen molar-refractivity contribution in [1.29, 1.82) is 5.41 Å². The standard InChI is InChI=1S/C26H34N6O3.C4H5NS.2C2H6/c1-17(2)16-31(12-8-13-32-25(33)19-9-4-5-10-20(19)26(32)34)21-15-28-23(18(3)27)24(29-21)30-22-11-6-7-14-35-22;1-4-2-6-3-5-4;2*1-2/h4-5,9-10,15,17,22,27H,6-8,11-14,16H2,1-3H3,(H,29,30);2-3H,1H3;2*1-2H3. The number of amides is 2. The lowest BCUT2D eigenvalue weighted by atomic mass is 10.1. The number of carbonyl (C=O) groups is 2. The summed E-state index contributed by atoms with van der Waals surface area (Å²) in [6.07, 6.45) is 5.19. The molecular formula is C34H51N7O3S. The van der Waals surface area contributed by atoms with Crippen LogP contribution in [0.2, 0.25) is 0 Å². The van der Waals surface area contributed by atoms with E-state index in [2.05, 4.69) is 34.0 Å². The van der Waals surface area contributed by atoms with Gasteiger partial charge in [0.15, 0.2) is 5.82 Å². The quantitative estimate of drug-likeness (QED) is 0.173. The summed E-state index contributed by atoms with van der Waals surface area (Å²) in [6, 6.07) is 6.96. The molecule has 45 heavy (non-hydrogen) atoms. The second-order valence-electron chi connectivity index (χ2n) is 10.7. The molecule has 2 aliphatic rings. The molecule has 2 N–H and O–H groups in total. The van der Waals surface area contributed by atoms with Gasteiger partial charge in [-0.15, -0.1) is 11.3 Å². The third-order valence-corrected chi connectivity index (χ3v) is 7.45. The molecule has 2 aromatic heterocycles. The number of ether oxygens (including phenoxy) is 1. The molecule has 1 saturated heterocycles. The maximum Gasteiger partial charge on any atom is 0.261 e. The smallest absolute Gasteiger partial charge is 0.261 e. The van der Waals surface area contributed by atoms with Crippen molar-refractivity contribution in [2.24, 2.45) is 5.92 Å². The Morgan fingerprint density at radius 3 is 2.27 bits per heavy atom. The summed E-state index contributed by atoms with van der Waals surface area (Å²) in [4.78, 5) is 42.2. The van der Waals surface area contributed by atoms with Crippen LogP contribution in [0, 0.1) is 18.3 Å². The molecule has 11 heteroatoms. The van der Waals surface area contributed by atoms with Crippen LogP contribution in [0.4, 0.5) is 11.6 Å². The van der Waals surface area contributed by atoms with Gasteiger partial charge < -0.3 is 20.4 Å². The largest absolute Gasteiger partial charge is 0.359 e. The van der Waals surface area contributed by atoms with Crippen molar-refractivity contribution in [3.05, 3.63) is 63.9 Å². The molecule has 4 heterocycles. The van der Waals surface area contributed by atoms with E-state index in [4.69, 9.17) is 15.1 Å². The Hall–Kier alpha value is -3.70.